The molecular weight excluding hydrogens is 452 g/mol. The molecule has 0 bridgehead atoms. The minimum Gasteiger partial charge on any atom is -0.453 e. The normalized spacial score (nSPS) is 13.9. The van der Waals surface area contributed by atoms with E-state index in [2.05, 4.69) is 37.7 Å². The Kier molecular flexibility index (Phi) is 6.86. The molecule has 0 saturated carbocycles. The lowest BCUT2D eigenvalue weighted by molar-refractivity contribution is -0.110. The smallest absolute Gasteiger partial charge is 0.411 e. The number of hydrogen-bond donors (Lipinski definition) is 3. The summed E-state index contributed by atoms with van der Waals surface area (Å²) in [5, 5.41) is 9.51. The van der Waals surface area contributed by atoms with E-state index in [1.807, 2.05) is 44.4 Å². The number of amides is 2. The lowest BCUT2D eigenvalue weighted by atomic mass is 9.99. The zero-order valence-corrected chi connectivity index (χ0v) is 19.9. The lowest BCUT2D eigenvalue weighted by Crippen LogP contribution is -2.12. The quantitative estimate of drug-likeness (QED) is 0.408. The molecule has 1 aliphatic rings. The Balaban J connectivity index is 1.76. The van der Waals surface area contributed by atoms with Crippen molar-refractivity contribution in [2.75, 3.05) is 37.2 Å². The number of carbonyl (C=O) groups is 2. The Morgan fingerprint density at radius 2 is 1.62 bits per heavy atom. The summed E-state index contributed by atoms with van der Waals surface area (Å²) in [6, 6.07) is 20.6. The van der Waals surface area contributed by atoms with Gasteiger partial charge in [-0.25, -0.2) is 4.79 Å². The fourth-order valence-corrected chi connectivity index (χ4v) is 3.94. The molecule has 0 radical (unpaired) electrons. The van der Waals surface area contributed by atoms with Crippen LogP contribution >= 0.6 is 11.6 Å². The monoisotopic (exact) mass is 476 g/mol. The van der Waals surface area contributed by atoms with Crippen LogP contribution in [-0.4, -0.2) is 38.1 Å². The van der Waals surface area contributed by atoms with Crippen molar-refractivity contribution >= 4 is 51.9 Å². The second-order valence-corrected chi connectivity index (χ2v) is 8.58. The molecule has 34 heavy (non-hydrogen) atoms. The van der Waals surface area contributed by atoms with Crippen molar-refractivity contribution in [2.24, 2.45) is 0 Å². The molecule has 0 fully saturated rings. The number of methoxy groups -OCH3 is 1. The zero-order valence-electron chi connectivity index (χ0n) is 19.1. The number of halogens is 1. The summed E-state index contributed by atoms with van der Waals surface area (Å²) in [5.74, 6) is -0.222. The predicted octanol–water partition coefficient (Wildman–Crippen LogP) is 5.51. The molecule has 0 saturated heterocycles. The van der Waals surface area contributed by atoms with E-state index in [0.717, 1.165) is 23.4 Å². The molecule has 8 heteroatoms. The van der Waals surface area contributed by atoms with Gasteiger partial charge in [0.25, 0.3) is 5.91 Å². The average Bonchev–Trinajstić information content (AvgIpc) is 3.13. The number of rotatable bonds is 6. The Morgan fingerprint density at radius 1 is 0.971 bits per heavy atom. The van der Waals surface area contributed by atoms with Crippen molar-refractivity contribution < 1.29 is 14.3 Å². The van der Waals surface area contributed by atoms with Crippen molar-refractivity contribution in [3.05, 3.63) is 88.4 Å². The van der Waals surface area contributed by atoms with Crippen LogP contribution in [0.1, 0.15) is 16.7 Å². The van der Waals surface area contributed by atoms with E-state index >= 15 is 0 Å². The number of nitrogens with one attached hydrogen (secondary N) is 3. The van der Waals surface area contributed by atoms with Gasteiger partial charge >= 0.3 is 6.09 Å². The maximum atomic E-state index is 13.0. The first kappa shape index (κ1) is 23.4. The highest BCUT2D eigenvalue weighted by Crippen LogP contribution is 2.39. The van der Waals surface area contributed by atoms with Crippen molar-refractivity contribution in [3.63, 3.8) is 0 Å². The first-order valence-electron chi connectivity index (χ1n) is 10.7. The van der Waals surface area contributed by atoms with Gasteiger partial charge < -0.3 is 20.3 Å². The minimum absolute atomic E-state index is 0.222. The van der Waals surface area contributed by atoms with Crippen LogP contribution in [0.2, 0.25) is 5.02 Å². The van der Waals surface area contributed by atoms with Crippen molar-refractivity contribution in [1.82, 2.24) is 4.90 Å². The molecule has 4 rings (SSSR count). The molecule has 3 aromatic rings. The van der Waals surface area contributed by atoms with E-state index in [0.29, 0.717) is 27.7 Å². The molecule has 0 aliphatic carbocycles. The van der Waals surface area contributed by atoms with E-state index in [9.17, 15) is 9.59 Å². The van der Waals surface area contributed by atoms with E-state index in [1.165, 1.54) is 12.7 Å². The van der Waals surface area contributed by atoms with Crippen LogP contribution in [0, 0.1) is 0 Å². The van der Waals surface area contributed by atoms with Crippen LogP contribution in [0.3, 0.4) is 0 Å². The molecule has 3 N–H and O–H groups in total. The topological polar surface area (TPSA) is 82.7 Å². The number of carbonyl (C=O) groups excluding carboxylic acids is 2. The third-order valence-electron chi connectivity index (χ3n) is 5.30. The molecule has 3 aromatic carbocycles. The first-order chi connectivity index (χ1) is 16.3. The fraction of sp³-hybridized carbons (Fsp3) is 0.154. The highest BCUT2D eigenvalue weighted by Gasteiger charge is 2.28. The molecule has 0 unspecified atom stereocenters. The standard InChI is InChI=1S/C26H25ClN4O3/c1-31(2)15-16-4-9-19(10-5-16)28-24(17-6-11-20(12-7-17)29-26(33)34-3)23-21-13-8-18(27)14-22(21)30-25(23)32/h4-14,28H,15H2,1-3H3,(H,29,33)(H,30,32)/b24-23-. The Morgan fingerprint density at radius 3 is 2.26 bits per heavy atom. The van der Waals surface area contributed by atoms with Gasteiger partial charge in [-0.1, -0.05) is 41.9 Å². The molecular formula is C26H25ClN4O3. The number of benzene rings is 3. The second-order valence-electron chi connectivity index (χ2n) is 8.15. The van der Waals surface area contributed by atoms with Gasteiger partial charge in [-0.3, -0.25) is 10.1 Å². The number of anilines is 3. The van der Waals surface area contributed by atoms with E-state index in [4.69, 9.17) is 11.6 Å². The highest BCUT2D eigenvalue weighted by atomic mass is 35.5. The van der Waals surface area contributed by atoms with Crippen LogP contribution < -0.4 is 16.0 Å². The molecule has 1 aliphatic heterocycles. The van der Waals surface area contributed by atoms with E-state index in [1.54, 1.807) is 24.3 Å². The summed E-state index contributed by atoms with van der Waals surface area (Å²) >= 11 is 6.14. The van der Waals surface area contributed by atoms with Gasteiger partial charge in [0.15, 0.2) is 0 Å². The summed E-state index contributed by atoms with van der Waals surface area (Å²) in [5.41, 5.74) is 5.96. The number of nitrogens with zero attached hydrogens (tertiary/aromatic N) is 1. The Labute approximate surface area is 203 Å². The van der Waals surface area contributed by atoms with Crippen LogP contribution in [0.5, 0.6) is 0 Å². The lowest BCUT2D eigenvalue weighted by Gasteiger charge is -2.16. The summed E-state index contributed by atoms with van der Waals surface area (Å²) in [7, 11) is 5.36. The van der Waals surface area contributed by atoms with Crippen molar-refractivity contribution in [2.45, 2.75) is 6.54 Å². The third-order valence-corrected chi connectivity index (χ3v) is 5.54. The maximum absolute atomic E-state index is 13.0. The molecule has 0 spiro atoms. The molecule has 0 aromatic heterocycles. The van der Waals surface area contributed by atoms with Gasteiger partial charge in [0, 0.05) is 28.5 Å². The molecule has 2 amide bonds. The van der Waals surface area contributed by atoms with Crippen LogP contribution in [0.15, 0.2) is 66.7 Å². The van der Waals surface area contributed by atoms with Crippen LogP contribution in [0.4, 0.5) is 21.9 Å². The Bertz CT molecular complexity index is 1250. The molecule has 0 atom stereocenters. The summed E-state index contributed by atoms with van der Waals surface area (Å²) in [6.45, 7) is 0.833. The predicted molar refractivity (Wildman–Crippen MR) is 137 cm³/mol. The van der Waals surface area contributed by atoms with Gasteiger partial charge in [-0.15, -0.1) is 0 Å². The summed E-state index contributed by atoms with van der Waals surface area (Å²) in [4.78, 5) is 26.7. The van der Waals surface area contributed by atoms with Gasteiger partial charge in [-0.05, 0) is 61.6 Å². The maximum Gasteiger partial charge on any atom is 0.411 e. The first-order valence-corrected chi connectivity index (χ1v) is 11.0. The Hall–Kier alpha value is -3.81. The highest BCUT2D eigenvalue weighted by molar-refractivity contribution is 6.38. The molecule has 1 heterocycles. The van der Waals surface area contributed by atoms with E-state index in [-0.39, 0.29) is 5.91 Å². The van der Waals surface area contributed by atoms with Gasteiger partial charge in [0.1, 0.15) is 0 Å². The number of fused-ring (bicyclic) bond motifs is 1. The third kappa shape index (κ3) is 5.22. The second kappa shape index (κ2) is 9.99. The van der Waals surface area contributed by atoms with Crippen molar-refractivity contribution in [1.29, 1.82) is 0 Å². The number of ether oxygens (including phenoxy) is 1. The zero-order chi connectivity index (χ0) is 24.2. The molecule has 174 valence electrons. The number of hydrogen-bond acceptors (Lipinski definition) is 5. The SMILES string of the molecule is COC(=O)Nc1ccc(/C(Nc2ccc(CN(C)C)cc2)=C2/C(=O)Nc3cc(Cl)ccc32)cc1. The van der Waals surface area contributed by atoms with Gasteiger partial charge in [0.05, 0.1) is 24.1 Å². The largest absolute Gasteiger partial charge is 0.453 e. The van der Waals surface area contributed by atoms with E-state index < -0.39 is 6.09 Å². The summed E-state index contributed by atoms with van der Waals surface area (Å²) < 4.78 is 4.65. The van der Waals surface area contributed by atoms with Crippen LogP contribution in [-0.2, 0) is 16.1 Å². The minimum atomic E-state index is -0.553. The average molecular weight is 477 g/mol. The fourth-order valence-electron chi connectivity index (χ4n) is 3.76. The summed E-state index contributed by atoms with van der Waals surface area (Å²) in [6.07, 6.45) is -0.553. The van der Waals surface area contributed by atoms with Gasteiger partial charge in [-0.2, -0.15) is 0 Å². The molecule has 7 nitrogen and oxygen atoms in total. The van der Waals surface area contributed by atoms with Crippen molar-refractivity contribution in [3.8, 4) is 0 Å². The van der Waals surface area contributed by atoms with Gasteiger partial charge in [0.2, 0.25) is 0 Å². The van der Waals surface area contributed by atoms with Crippen LogP contribution in [0.25, 0.3) is 11.3 Å².